The third-order valence-corrected chi connectivity index (χ3v) is 4.07. The first kappa shape index (κ1) is 13.8. The highest BCUT2D eigenvalue weighted by Gasteiger charge is 2.18. The Morgan fingerprint density at radius 1 is 1.19 bits per heavy atom. The standard InChI is InChI=1S/C16H19N5/c1-13-6-2-3-7-14(13)16-15(12-17)18-19-21(16)11-10-20-8-4-5-9-20/h2-3,6-7H,4-5,8-11H2,1H3. The van der Waals surface area contributed by atoms with E-state index in [0.717, 1.165) is 29.9 Å². The van der Waals surface area contributed by atoms with E-state index in [1.165, 1.54) is 25.9 Å². The Bertz CT molecular complexity index is 662. The van der Waals surface area contributed by atoms with Gasteiger partial charge in [0.2, 0.25) is 0 Å². The van der Waals surface area contributed by atoms with Crippen LogP contribution in [0.1, 0.15) is 24.1 Å². The molecule has 0 unspecified atom stereocenters. The van der Waals surface area contributed by atoms with E-state index in [0.29, 0.717) is 5.69 Å². The zero-order valence-electron chi connectivity index (χ0n) is 12.3. The van der Waals surface area contributed by atoms with E-state index in [1.54, 1.807) is 0 Å². The molecule has 0 aliphatic carbocycles. The highest BCUT2D eigenvalue weighted by molar-refractivity contribution is 5.68. The fraction of sp³-hybridized carbons (Fsp3) is 0.438. The first-order valence-electron chi connectivity index (χ1n) is 7.41. The molecule has 2 aromatic rings. The van der Waals surface area contributed by atoms with Gasteiger partial charge in [-0.3, -0.25) is 0 Å². The Balaban J connectivity index is 1.89. The monoisotopic (exact) mass is 281 g/mol. The second-order valence-corrected chi connectivity index (χ2v) is 5.49. The van der Waals surface area contributed by atoms with Gasteiger partial charge in [0.15, 0.2) is 5.69 Å². The molecule has 1 saturated heterocycles. The van der Waals surface area contributed by atoms with Crippen LogP contribution in [0, 0.1) is 18.3 Å². The van der Waals surface area contributed by atoms with Crippen LogP contribution in [0.5, 0.6) is 0 Å². The summed E-state index contributed by atoms with van der Waals surface area (Å²) < 4.78 is 1.87. The fourth-order valence-corrected chi connectivity index (χ4v) is 2.89. The van der Waals surface area contributed by atoms with E-state index < -0.39 is 0 Å². The molecule has 5 heteroatoms. The van der Waals surface area contributed by atoms with E-state index in [4.69, 9.17) is 0 Å². The molecule has 0 spiro atoms. The zero-order chi connectivity index (χ0) is 14.7. The van der Waals surface area contributed by atoms with E-state index in [9.17, 15) is 5.26 Å². The third-order valence-electron chi connectivity index (χ3n) is 4.07. The van der Waals surface area contributed by atoms with Crippen molar-refractivity contribution in [3.63, 3.8) is 0 Å². The average molecular weight is 281 g/mol. The smallest absolute Gasteiger partial charge is 0.190 e. The maximum Gasteiger partial charge on any atom is 0.190 e. The van der Waals surface area contributed by atoms with Crippen LogP contribution in [-0.2, 0) is 6.54 Å². The number of aromatic nitrogens is 3. The maximum atomic E-state index is 9.29. The largest absolute Gasteiger partial charge is 0.301 e. The summed E-state index contributed by atoms with van der Waals surface area (Å²) in [6.07, 6.45) is 2.57. The molecule has 1 aliphatic rings. The molecule has 5 nitrogen and oxygen atoms in total. The lowest BCUT2D eigenvalue weighted by Crippen LogP contribution is -2.24. The molecule has 0 amide bonds. The van der Waals surface area contributed by atoms with Gasteiger partial charge >= 0.3 is 0 Å². The topological polar surface area (TPSA) is 57.7 Å². The Hall–Kier alpha value is -2.19. The first-order valence-corrected chi connectivity index (χ1v) is 7.41. The lowest BCUT2D eigenvalue weighted by atomic mass is 10.0. The molecule has 1 aliphatic heterocycles. The molecule has 0 N–H and O–H groups in total. The normalized spacial score (nSPS) is 15.2. The summed E-state index contributed by atoms with van der Waals surface area (Å²) in [5.41, 5.74) is 3.43. The van der Waals surface area contributed by atoms with Gasteiger partial charge in [0.1, 0.15) is 11.8 Å². The van der Waals surface area contributed by atoms with Crippen LogP contribution in [0.2, 0.25) is 0 Å². The van der Waals surface area contributed by atoms with Gasteiger partial charge in [0.25, 0.3) is 0 Å². The molecule has 1 aromatic heterocycles. The summed E-state index contributed by atoms with van der Waals surface area (Å²) in [6.45, 7) is 6.12. The van der Waals surface area contributed by atoms with Gasteiger partial charge < -0.3 is 4.90 Å². The van der Waals surface area contributed by atoms with Crippen LogP contribution >= 0.6 is 0 Å². The Kier molecular flexibility index (Phi) is 3.98. The highest BCUT2D eigenvalue weighted by Crippen LogP contribution is 2.25. The fourth-order valence-electron chi connectivity index (χ4n) is 2.89. The van der Waals surface area contributed by atoms with E-state index in [1.807, 2.05) is 35.9 Å². The molecule has 1 fully saturated rings. The van der Waals surface area contributed by atoms with Crippen molar-refractivity contribution in [3.05, 3.63) is 35.5 Å². The minimum atomic E-state index is 0.408. The highest BCUT2D eigenvalue weighted by atomic mass is 15.4. The quantitative estimate of drug-likeness (QED) is 0.862. The summed E-state index contributed by atoms with van der Waals surface area (Å²) in [7, 11) is 0. The molecule has 0 saturated carbocycles. The SMILES string of the molecule is Cc1ccccc1-c1c(C#N)nnn1CCN1CCCC1. The minimum Gasteiger partial charge on any atom is -0.301 e. The average Bonchev–Trinajstić information content (AvgIpc) is 3.14. The number of nitriles is 1. The number of hydrogen-bond acceptors (Lipinski definition) is 4. The summed E-state index contributed by atoms with van der Waals surface area (Å²) in [4.78, 5) is 2.44. The Morgan fingerprint density at radius 2 is 1.95 bits per heavy atom. The molecule has 108 valence electrons. The molecule has 21 heavy (non-hydrogen) atoms. The Morgan fingerprint density at radius 3 is 2.67 bits per heavy atom. The van der Waals surface area contributed by atoms with Crippen LogP contribution in [0.4, 0.5) is 0 Å². The predicted molar refractivity (Wildman–Crippen MR) is 80.6 cm³/mol. The molecule has 3 rings (SSSR count). The summed E-state index contributed by atoms with van der Waals surface area (Å²) in [6, 6.07) is 10.2. The number of aryl methyl sites for hydroxylation is 1. The molecule has 2 heterocycles. The van der Waals surface area contributed by atoms with Crippen molar-refractivity contribution >= 4 is 0 Å². The second-order valence-electron chi connectivity index (χ2n) is 5.49. The van der Waals surface area contributed by atoms with Gasteiger partial charge in [-0.2, -0.15) is 5.26 Å². The molecular formula is C16H19N5. The molecular weight excluding hydrogens is 262 g/mol. The van der Waals surface area contributed by atoms with E-state index >= 15 is 0 Å². The van der Waals surface area contributed by atoms with Crippen LogP contribution in [0.15, 0.2) is 24.3 Å². The number of rotatable bonds is 4. The van der Waals surface area contributed by atoms with Gasteiger partial charge in [-0.25, -0.2) is 4.68 Å². The minimum absolute atomic E-state index is 0.408. The lowest BCUT2D eigenvalue weighted by Gasteiger charge is -2.15. The van der Waals surface area contributed by atoms with Crippen LogP contribution < -0.4 is 0 Å². The van der Waals surface area contributed by atoms with Gasteiger partial charge in [-0.1, -0.05) is 29.5 Å². The third kappa shape index (κ3) is 2.81. The first-order chi connectivity index (χ1) is 10.3. The zero-order valence-corrected chi connectivity index (χ0v) is 12.3. The van der Waals surface area contributed by atoms with E-state index in [-0.39, 0.29) is 0 Å². The summed E-state index contributed by atoms with van der Waals surface area (Å²) >= 11 is 0. The molecule has 0 bridgehead atoms. The number of benzene rings is 1. The summed E-state index contributed by atoms with van der Waals surface area (Å²) in [5, 5.41) is 17.5. The number of nitrogens with zero attached hydrogens (tertiary/aromatic N) is 5. The van der Waals surface area contributed by atoms with Crippen LogP contribution in [-0.4, -0.2) is 39.5 Å². The van der Waals surface area contributed by atoms with Crippen molar-refractivity contribution in [2.75, 3.05) is 19.6 Å². The van der Waals surface area contributed by atoms with Gasteiger partial charge in [-0.05, 0) is 38.4 Å². The van der Waals surface area contributed by atoms with E-state index in [2.05, 4.69) is 21.3 Å². The predicted octanol–water partition coefficient (Wildman–Crippen LogP) is 2.22. The van der Waals surface area contributed by atoms with Gasteiger partial charge in [0, 0.05) is 12.1 Å². The van der Waals surface area contributed by atoms with Crippen molar-refractivity contribution in [2.24, 2.45) is 0 Å². The number of likely N-dealkylation sites (tertiary alicyclic amines) is 1. The molecule has 1 aromatic carbocycles. The van der Waals surface area contributed by atoms with Gasteiger partial charge in [0.05, 0.1) is 6.54 Å². The summed E-state index contributed by atoms with van der Waals surface area (Å²) in [5.74, 6) is 0. The van der Waals surface area contributed by atoms with Gasteiger partial charge in [-0.15, -0.1) is 5.10 Å². The second kappa shape index (κ2) is 6.06. The van der Waals surface area contributed by atoms with Crippen molar-refractivity contribution in [2.45, 2.75) is 26.3 Å². The number of hydrogen-bond donors (Lipinski definition) is 0. The van der Waals surface area contributed by atoms with Crippen LogP contribution in [0.25, 0.3) is 11.3 Å². The molecule has 0 atom stereocenters. The maximum absolute atomic E-state index is 9.29. The lowest BCUT2D eigenvalue weighted by molar-refractivity contribution is 0.315. The van der Waals surface area contributed by atoms with Crippen LogP contribution in [0.3, 0.4) is 0 Å². The van der Waals surface area contributed by atoms with Crippen molar-refractivity contribution in [1.29, 1.82) is 5.26 Å². The van der Waals surface area contributed by atoms with Crippen molar-refractivity contribution in [1.82, 2.24) is 19.9 Å². The van der Waals surface area contributed by atoms with Crippen molar-refractivity contribution < 1.29 is 0 Å². The van der Waals surface area contributed by atoms with Crippen molar-refractivity contribution in [3.8, 4) is 17.3 Å². The Labute approximate surface area is 124 Å². The molecule has 0 radical (unpaired) electrons.